The maximum absolute atomic E-state index is 9.90. The fourth-order valence-corrected chi connectivity index (χ4v) is 1.69. The molecule has 1 rings (SSSR count). The largest absolute Gasteiger partial charge is 0.399 e. The lowest BCUT2D eigenvalue weighted by Gasteiger charge is -2.15. The number of anilines is 1. The van der Waals surface area contributed by atoms with Crippen LogP contribution < -0.4 is 5.73 Å². The molecule has 0 fully saturated rings. The molecular formula is C14H23NO2. The Bertz CT molecular complexity index is 307. The van der Waals surface area contributed by atoms with Crippen LogP contribution in [0.1, 0.15) is 38.4 Å². The number of nitrogen functional groups attached to an aromatic ring is 1. The lowest BCUT2D eigenvalue weighted by Crippen LogP contribution is -2.13. The first kappa shape index (κ1) is 14.0. The summed E-state index contributed by atoms with van der Waals surface area (Å²) in [5.41, 5.74) is 7.15. The fourth-order valence-electron chi connectivity index (χ4n) is 1.69. The van der Waals surface area contributed by atoms with E-state index in [1.54, 1.807) is 12.1 Å². The molecule has 0 spiro atoms. The van der Waals surface area contributed by atoms with Crippen molar-refractivity contribution < 1.29 is 9.84 Å². The Morgan fingerprint density at radius 2 is 1.71 bits per heavy atom. The molecule has 0 aliphatic rings. The van der Waals surface area contributed by atoms with E-state index in [0.29, 0.717) is 18.2 Å². The summed E-state index contributed by atoms with van der Waals surface area (Å²) in [7, 11) is 0. The molecule has 0 aliphatic carbocycles. The van der Waals surface area contributed by atoms with Gasteiger partial charge in [0.1, 0.15) is 6.10 Å². The van der Waals surface area contributed by atoms with E-state index in [4.69, 9.17) is 10.5 Å². The van der Waals surface area contributed by atoms with Crippen molar-refractivity contribution in [1.29, 1.82) is 0 Å². The molecule has 0 saturated heterocycles. The molecule has 0 radical (unpaired) electrons. The maximum Gasteiger partial charge on any atom is 0.102 e. The molecule has 96 valence electrons. The van der Waals surface area contributed by atoms with Crippen LogP contribution in [0.3, 0.4) is 0 Å². The summed E-state index contributed by atoms with van der Waals surface area (Å²) in [4.78, 5) is 0. The van der Waals surface area contributed by atoms with Crippen LogP contribution in [0, 0.1) is 5.92 Å². The maximum atomic E-state index is 9.90. The third-order valence-corrected chi connectivity index (χ3v) is 3.11. The van der Waals surface area contributed by atoms with E-state index in [1.807, 2.05) is 12.1 Å². The van der Waals surface area contributed by atoms with Gasteiger partial charge in [0.25, 0.3) is 0 Å². The average molecular weight is 237 g/mol. The van der Waals surface area contributed by atoms with Gasteiger partial charge in [-0.2, -0.15) is 0 Å². The SMILES string of the molecule is CCC(CC)COCC(O)c1ccc(N)cc1. The molecule has 1 unspecified atom stereocenters. The molecular weight excluding hydrogens is 214 g/mol. The van der Waals surface area contributed by atoms with Crippen LogP contribution in [0.4, 0.5) is 5.69 Å². The molecule has 3 heteroatoms. The zero-order chi connectivity index (χ0) is 12.7. The van der Waals surface area contributed by atoms with E-state index in [2.05, 4.69) is 13.8 Å². The number of nitrogens with two attached hydrogens (primary N) is 1. The molecule has 1 aromatic rings. The first-order valence-corrected chi connectivity index (χ1v) is 6.28. The van der Waals surface area contributed by atoms with Gasteiger partial charge < -0.3 is 15.6 Å². The lowest BCUT2D eigenvalue weighted by molar-refractivity contribution is 0.0191. The van der Waals surface area contributed by atoms with Gasteiger partial charge in [-0.05, 0) is 23.6 Å². The first-order valence-electron chi connectivity index (χ1n) is 6.28. The summed E-state index contributed by atoms with van der Waals surface area (Å²) < 4.78 is 5.54. The Kier molecular flexibility index (Phi) is 6.01. The van der Waals surface area contributed by atoms with Crippen LogP contribution >= 0.6 is 0 Å². The summed E-state index contributed by atoms with van der Waals surface area (Å²) in [5, 5.41) is 9.90. The minimum Gasteiger partial charge on any atom is -0.399 e. The number of aliphatic hydroxyl groups excluding tert-OH is 1. The van der Waals surface area contributed by atoms with Crippen molar-refractivity contribution in [2.45, 2.75) is 32.8 Å². The quantitative estimate of drug-likeness (QED) is 0.717. The predicted molar refractivity (Wildman–Crippen MR) is 70.7 cm³/mol. The molecule has 0 bridgehead atoms. The van der Waals surface area contributed by atoms with Crippen molar-refractivity contribution in [2.24, 2.45) is 5.92 Å². The van der Waals surface area contributed by atoms with Crippen molar-refractivity contribution in [3.05, 3.63) is 29.8 Å². The second kappa shape index (κ2) is 7.30. The molecule has 0 amide bonds. The van der Waals surface area contributed by atoms with E-state index >= 15 is 0 Å². The zero-order valence-corrected chi connectivity index (χ0v) is 10.7. The van der Waals surface area contributed by atoms with Gasteiger partial charge in [0.2, 0.25) is 0 Å². The van der Waals surface area contributed by atoms with E-state index < -0.39 is 6.10 Å². The molecule has 0 aliphatic heterocycles. The Morgan fingerprint density at radius 1 is 1.12 bits per heavy atom. The zero-order valence-electron chi connectivity index (χ0n) is 10.7. The number of aliphatic hydroxyl groups is 1. The van der Waals surface area contributed by atoms with Crippen molar-refractivity contribution >= 4 is 5.69 Å². The minimum atomic E-state index is -0.565. The Morgan fingerprint density at radius 3 is 2.24 bits per heavy atom. The van der Waals surface area contributed by atoms with Crippen molar-refractivity contribution in [3.63, 3.8) is 0 Å². The third-order valence-electron chi connectivity index (χ3n) is 3.11. The molecule has 1 atom stereocenters. The molecule has 1 aromatic carbocycles. The number of hydrogen-bond acceptors (Lipinski definition) is 3. The van der Waals surface area contributed by atoms with Crippen molar-refractivity contribution in [2.75, 3.05) is 18.9 Å². The lowest BCUT2D eigenvalue weighted by atomic mass is 10.1. The highest BCUT2D eigenvalue weighted by molar-refractivity contribution is 5.39. The van der Waals surface area contributed by atoms with Crippen LogP contribution in [-0.4, -0.2) is 18.3 Å². The van der Waals surface area contributed by atoms with Crippen molar-refractivity contribution in [1.82, 2.24) is 0 Å². The smallest absolute Gasteiger partial charge is 0.102 e. The van der Waals surface area contributed by atoms with Gasteiger partial charge in [-0.1, -0.05) is 38.8 Å². The van der Waals surface area contributed by atoms with Crippen LogP contribution in [0.5, 0.6) is 0 Å². The van der Waals surface area contributed by atoms with Gasteiger partial charge in [-0.3, -0.25) is 0 Å². The number of hydrogen-bond donors (Lipinski definition) is 2. The van der Waals surface area contributed by atoms with Crippen LogP contribution in [-0.2, 0) is 4.74 Å². The van der Waals surface area contributed by atoms with E-state index in [0.717, 1.165) is 25.0 Å². The van der Waals surface area contributed by atoms with E-state index in [-0.39, 0.29) is 0 Å². The van der Waals surface area contributed by atoms with Gasteiger partial charge >= 0.3 is 0 Å². The molecule has 3 nitrogen and oxygen atoms in total. The highest BCUT2D eigenvalue weighted by atomic mass is 16.5. The van der Waals surface area contributed by atoms with Gasteiger partial charge in [-0.25, -0.2) is 0 Å². The Balaban J connectivity index is 2.34. The number of rotatable bonds is 7. The number of ether oxygens (including phenoxy) is 1. The highest BCUT2D eigenvalue weighted by Crippen LogP contribution is 2.16. The summed E-state index contributed by atoms with van der Waals surface area (Å²) in [6.45, 7) is 5.39. The number of benzene rings is 1. The summed E-state index contributed by atoms with van der Waals surface area (Å²) in [5.74, 6) is 0.591. The standard InChI is InChI=1S/C14H23NO2/c1-3-11(4-2)9-17-10-14(16)12-5-7-13(15)8-6-12/h5-8,11,14,16H,3-4,9-10,15H2,1-2H3. The minimum absolute atomic E-state index is 0.348. The summed E-state index contributed by atoms with van der Waals surface area (Å²) in [6, 6.07) is 7.25. The highest BCUT2D eigenvalue weighted by Gasteiger charge is 2.09. The molecule has 3 N–H and O–H groups in total. The third kappa shape index (κ3) is 4.75. The molecule has 0 saturated carbocycles. The van der Waals surface area contributed by atoms with Gasteiger partial charge in [0.15, 0.2) is 0 Å². The topological polar surface area (TPSA) is 55.5 Å². The summed E-state index contributed by atoms with van der Waals surface area (Å²) >= 11 is 0. The van der Waals surface area contributed by atoms with E-state index in [1.165, 1.54) is 0 Å². The van der Waals surface area contributed by atoms with Crippen molar-refractivity contribution in [3.8, 4) is 0 Å². The normalized spacial score (nSPS) is 12.9. The van der Waals surface area contributed by atoms with E-state index in [9.17, 15) is 5.11 Å². The molecule has 0 aromatic heterocycles. The average Bonchev–Trinajstić information content (AvgIpc) is 2.35. The van der Waals surface area contributed by atoms with Crippen LogP contribution in [0.15, 0.2) is 24.3 Å². The molecule has 17 heavy (non-hydrogen) atoms. The van der Waals surface area contributed by atoms with Crippen LogP contribution in [0.2, 0.25) is 0 Å². The van der Waals surface area contributed by atoms with Gasteiger partial charge in [0.05, 0.1) is 6.61 Å². The monoisotopic (exact) mass is 237 g/mol. The second-order valence-electron chi connectivity index (χ2n) is 4.40. The second-order valence-corrected chi connectivity index (χ2v) is 4.40. The Hall–Kier alpha value is -1.06. The van der Waals surface area contributed by atoms with Gasteiger partial charge in [-0.15, -0.1) is 0 Å². The fraction of sp³-hybridized carbons (Fsp3) is 0.571. The predicted octanol–water partition coefficient (Wildman–Crippen LogP) is 2.75. The Labute approximate surface area is 104 Å². The first-order chi connectivity index (χ1) is 8.17. The summed E-state index contributed by atoms with van der Waals surface area (Å²) in [6.07, 6.45) is 1.67. The van der Waals surface area contributed by atoms with Crippen LogP contribution in [0.25, 0.3) is 0 Å². The van der Waals surface area contributed by atoms with Gasteiger partial charge in [0, 0.05) is 12.3 Å². The molecule has 0 heterocycles.